The number of ether oxygens (including phenoxy) is 1. The molecule has 1 unspecified atom stereocenters. The van der Waals surface area contributed by atoms with Gasteiger partial charge in [-0.15, -0.1) is 0 Å². The van der Waals surface area contributed by atoms with E-state index in [0.29, 0.717) is 6.61 Å². The number of carboxylic acid groups (broad SMARTS) is 1. The van der Waals surface area contributed by atoms with E-state index < -0.39 is 11.8 Å². The van der Waals surface area contributed by atoms with Crippen molar-refractivity contribution in [3.8, 4) is 5.75 Å². The molecule has 1 aliphatic rings. The molecule has 1 aliphatic heterocycles. The van der Waals surface area contributed by atoms with Crippen LogP contribution in [0.15, 0.2) is 42.5 Å². The first-order valence-corrected chi connectivity index (χ1v) is 6.17. The lowest BCUT2D eigenvalue weighted by molar-refractivity contribution is 0.0693. The number of carbonyl (C=O) groups is 1. The minimum Gasteiger partial charge on any atom is -0.491 e. The highest BCUT2D eigenvalue weighted by atomic mass is 19.1. The van der Waals surface area contributed by atoms with Crippen LogP contribution in [0.25, 0.3) is 0 Å². The Morgan fingerprint density at radius 2 is 2.05 bits per heavy atom. The van der Waals surface area contributed by atoms with Crippen LogP contribution >= 0.6 is 0 Å². The summed E-state index contributed by atoms with van der Waals surface area (Å²) in [5.74, 6) is -1.29. The Hall–Kier alpha value is -2.56. The van der Waals surface area contributed by atoms with Crippen LogP contribution in [0.2, 0.25) is 0 Å². The average Bonchev–Trinajstić information content (AvgIpc) is 2.82. The van der Waals surface area contributed by atoms with E-state index in [4.69, 9.17) is 9.84 Å². The first-order chi connectivity index (χ1) is 9.66. The van der Waals surface area contributed by atoms with Crippen molar-refractivity contribution in [2.75, 3.05) is 11.9 Å². The highest BCUT2D eigenvalue weighted by Gasteiger charge is 2.25. The third-order valence-electron chi connectivity index (χ3n) is 3.26. The van der Waals surface area contributed by atoms with Crippen LogP contribution in [0, 0.1) is 5.82 Å². The maximum Gasteiger partial charge on any atom is 0.340 e. The molecule has 2 aromatic rings. The van der Waals surface area contributed by atoms with Gasteiger partial charge in [0, 0.05) is 5.56 Å². The predicted octanol–water partition coefficient (Wildman–Crippen LogP) is 3.07. The quantitative estimate of drug-likeness (QED) is 0.902. The fourth-order valence-electron chi connectivity index (χ4n) is 2.33. The molecule has 3 rings (SSSR count). The van der Waals surface area contributed by atoms with Crippen molar-refractivity contribution < 1.29 is 19.0 Å². The maximum absolute atomic E-state index is 13.6. The Bertz CT molecular complexity index is 672. The number of carboxylic acids is 1. The normalized spacial score (nSPS) is 16.4. The van der Waals surface area contributed by atoms with Gasteiger partial charge in [-0.05, 0) is 18.2 Å². The van der Waals surface area contributed by atoms with Gasteiger partial charge >= 0.3 is 5.97 Å². The number of halogens is 1. The average molecular weight is 273 g/mol. The molecule has 5 heteroatoms. The zero-order valence-electron chi connectivity index (χ0n) is 10.5. The molecule has 0 amide bonds. The van der Waals surface area contributed by atoms with E-state index in [9.17, 15) is 9.18 Å². The molecule has 0 saturated heterocycles. The van der Waals surface area contributed by atoms with Crippen molar-refractivity contribution >= 4 is 11.7 Å². The highest BCUT2D eigenvalue weighted by Crippen LogP contribution is 2.35. The maximum atomic E-state index is 13.6. The van der Waals surface area contributed by atoms with Gasteiger partial charge in [-0.2, -0.15) is 0 Å². The Kier molecular flexibility index (Phi) is 3.02. The zero-order chi connectivity index (χ0) is 14.1. The number of benzene rings is 2. The van der Waals surface area contributed by atoms with E-state index in [1.54, 1.807) is 6.07 Å². The first-order valence-electron chi connectivity index (χ1n) is 6.17. The van der Waals surface area contributed by atoms with Crippen LogP contribution in [-0.2, 0) is 0 Å². The summed E-state index contributed by atoms with van der Waals surface area (Å²) in [4.78, 5) is 11.2. The van der Waals surface area contributed by atoms with Gasteiger partial charge in [-0.1, -0.05) is 24.3 Å². The number of anilines is 1. The van der Waals surface area contributed by atoms with Crippen molar-refractivity contribution in [2.24, 2.45) is 0 Å². The summed E-state index contributed by atoms with van der Waals surface area (Å²) in [6.07, 6.45) is 0. The lowest BCUT2D eigenvalue weighted by Gasteiger charge is -2.15. The number of para-hydroxylation sites is 1. The predicted molar refractivity (Wildman–Crippen MR) is 71.7 cm³/mol. The number of fused-ring (bicyclic) bond motifs is 1. The summed E-state index contributed by atoms with van der Waals surface area (Å²) < 4.78 is 19.1. The fourth-order valence-corrected chi connectivity index (χ4v) is 2.33. The number of nitrogens with one attached hydrogen (secondary N) is 1. The monoisotopic (exact) mass is 273 g/mol. The molecule has 2 aromatic carbocycles. The molecule has 20 heavy (non-hydrogen) atoms. The van der Waals surface area contributed by atoms with Gasteiger partial charge < -0.3 is 15.2 Å². The van der Waals surface area contributed by atoms with Gasteiger partial charge in [0.15, 0.2) is 0 Å². The second-order valence-electron chi connectivity index (χ2n) is 4.51. The first kappa shape index (κ1) is 12.5. The molecular formula is C15H12FNO3. The molecule has 0 bridgehead atoms. The number of rotatable bonds is 3. The topological polar surface area (TPSA) is 58.6 Å². The molecule has 1 heterocycles. The summed E-state index contributed by atoms with van der Waals surface area (Å²) in [5, 5.41) is 12.1. The van der Waals surface area contributed by atoms with Crippen molar-refractivity contribution in [3.05, 3.63) is 59.4 Å². The Morgan fingerprint density at radius 1 is 1.25 bits per heavy atom. The van der Waals surface area contributed by atoms with Crippen LogP contribution in [0.5, 0.6) is 5.75 Å². The number of hydrogen-bond donors (Lipinski definition) is 2. The van der Waals surface area contributed by atoms with Crippen LogP contribution in [-0.4, -0.2) is 17.7 Å². The smallest absolute Gasteiger partial charge is 0.340 e. The standard InChI is InChI=1S/C15H12FNO3/c16-10-5-3-6-11(14(10)15(18)19)17-12-8-20-13-7-2-1-4-9(12)13/h1-7,12,17H,8H2,(H,18,19). The van der Waals surface area contributed by atoms with Gasteiger partial charge in [0.25, 0.3) is 0 Å². The SMILES string of the molecule is O=C(O)c1c(F)cccc1NC1COc2ccccc21. The molecule has 102 valence electrons. The van der Waals surface area contributed by atoms with Crippen LogP contribution in [0.3, 0.4) is 0 Å². The molecule has 0 radical (unpaired) electrons. The van der Waals surface area contributed by atoms with Crippen molar-refractivity contribution in [3.63, 3.8) is 0 Å². The third kappa shape index (κ3) is 2.07. The molecule has 2 N–H and O–H groups in total. The van der Waals surface area contributed by atoms with Crippen molar-refractivity contribution in [1.29, 1.82) is 0 Å². The molecule has 0 aliphatic carbocycles. The van der Waals surface area contributed by atoms with Gasteiger partial charge in [0.05, 0.1) is 11.7 Å². The molecular weight excluding hydrogens is 261 g/mol. The zero-order valence-corrected chi connectivity index (χ0v) is 10.5. The Labute approximate surface area is 114 Å². The van der Waals surface area contributed by atoms with E-state index in [1.165, 1.54) is 6.07 Å². The minimum absolute atomic E-state index is 0.189. The second kappa shape index (κ2) is 4.85. The van der Waals surface area contributed by atoms with Gasteiger partial charge in [-0.3, -0.25) is 0 Å². The number of aromatic carboxylic acids is 1. The summed E-state index contributed by atoms with van der Waals surface area (Å²) in [5.41, 5.74) is 0.841. The summed E-state index contributed by atoms with van der Waals surface area (Å²) in [6.45, 7) is 0.384. The van der Waals surface area contributed by atoms with Crippen LogP contribution in [0.1, 0.15) is 22.0 Å². The third-order valence-corrected chi connectivity index (χ3v) is 3.26. The fraction of sp³-hybridized carbons (Fsp3) is 0.133. The van der Waals surface area contributed by atoms with Gasteiger partial charge in [0.1, 0.15) is 23.7 Å². The van der Waals surface area contributed by atoms with E-state index >= 15 is 0 Å². The van der Waals surface area contributed by atoms with Crippen molar-refractivity contribution in [1.82, 2.24) is 0 Å². The summed E-state index contributed by atoms with van der Waals surface area (Å²) in [6, 6.07) is 11.5. The molecule has 0 aromatic heterocycles. The Morgan fingerprint density at radius 3 is 2.85 bits per heavy atom. The highest BCUT2D eigenvalue weighted by molar-refractivity contribution is 5.94. The lowest BCUT2D eigenvalue weighted by Crippen LogP contribution is -2.15. The second-order valence-corrected chi connectivity index (χ2v) is 4.51. The minimum atomic E-state index is -1.29. The van der Waals surface area contributed by atoms with Gasteiger partial charge in [-0.25, -0.2) is 9.18 Å². The molecule has 4 nitrogen and oxygen atoms in total. The largest absolute Gasteiger partial charge is 0.491 e. The van der Waals surface area contributed by atoms with Crippen LogP contribution in [0.4, 0.5) is 10.1 Å². The van der Waals surface area contributed by atoms with E-state index in [-0.39, 0.29) is 17.3 Å². The van der Waals surface area contributed by atoms with E-state index in [1.807, 2.05) is 24.3 Å². The van der Waals surface area contributed by atoms with Crippen LogP contribution < -0.4 is 10.1 Å². The summed E-state index contributed by atoms with van der Waals surface area (Å²) in [7, 11) is 0. The molecule has 0 saturated carbocycles. The van der Waals surface area contributed by atoms with E-state index in [2.05, 4.69) is 5.32 Å². The Balaban J connectivity index is 1.94. The summed E-state index contributed by atoms with van der Waals surface area (Å²) >= 11 is 0. The molecule has 0 spiro atoms. The van der Waals surface area contributed by atoms with Crippen molar-refractivity contribution in [2.45, 2.75) is 6.04 Å². The lowest BCUT2D eigenvalue weighted by atomic mass is 10.1. The number of hydrogen-bond acceptors (Lipinski definition) is 3. The van der Waals surface area contributed by atoms with Gasteiger partial charge in [0.2, 0.25) is 0 Å². The van der Waals surface area contributed by atoms with E-state index in [0.717, 1.165) is 17.4 Å². The molecule has 1 atom stereocenters. The molecule has 0 fully saturated rings.